The van der Waals surface area contributed by atoms with Gasteiger partial charge in [0, 0.05) is 12.3 Å². The molecule has 0 spiro atoms. The van der Waals surface area contributed by atoms with Crippen molar-refractivity contribution in [1.82, 2.24) is 5.16 Å². The third-order valence-electron chi connectivity index (χ3n) is 4.97. The van der Waals surface area contributed by atoms with Gasteiger partial charge < -0.3 is 4.52 Å². The van der Waals surface area contributed by atoms with Crippen LogP contribution in [0, 0.1) is 0 Å². The molecule has 1 heterocycles. The molecule has 0 bridgehead atoms. The maximum Gasteiger partial charge on any atom is 0.155 e. The lowest BCUT2D eigenvalue weighted by atomic mass is 9.87. The van der Waals surface area contributed by atoms with Crippen LogP contribution in [0.15, 0.2) is 4.52 Å². The van der Waals surface area contributed by atoms with Gasteiger partial charge in [-0.2, -0.15) is 0 Å². The van der Waals surface area contributed by atoms with Crippen LogP contribution in [0.5, 0.6) is 0 Å². The molecule has 0 amide bonds. The zero-order chi connectivity index (χ0) is 15.6. The van der Waals surface area contributed by atoms with Crippen LogP contribution in [0.2, 0.25) is 5.02 Å². The van der Waals surface area contributed by atoms with Crippen molar-refractivity contribution in [1.29, 1.82) is 0 Å². The number of halogens is 1. The van der Waals surface area contributed by atoms with Crippen molar-refractivity contribution < 1.29 is 4.52 Å². The summed E-state index contributed by atoms with van der Waals surface area (Å²) in [5.41, 5.74) is 1.04. The van der Waals surface area contributed by atoms with Crippen molar-refractivity contribution in [3.05, 3.63) is 16.5 Å². The second-order valence-corrected chi connectivity index (χ2v) is 7.24. The maximum atomic E-state index is 6.50. The fraction of sp³-hybridized carbons (Fsp3) is 0.842. The molecular formula is C19H32ClNO. The quantitative estimate of drug-likeness (QED) is 0.430. The molecule has 0 unspecified atom stereocenters. The monoisotopic (exact) mass is 325 g/mol. The minimum Gasteiger partial charge on any atom is -0.360 e. The molecule has 0 aliphatic heterocycles. The van der Waals surface area contributed by atoms with Crippen LogP contribution in [0.25, 0.3) is 0 Å². The van der Waals surface area contributed by atoms with Crippen LogP contribution in [-0.4, -0.2) is 5.16 Å². The average molecular weight is 326 g/mol. The molecule has 22 heavy (non-hydrogen) atoms. The minimum absolute atomic E-state index is 0.539. The van der Waals surface area contributed by atoms with Gasteiger partial charge in [0.15, 0.2) is 5.76 Å². The van der Waals surface area contributed by atoms with E-state index in [0.717, 1.165) is 22.9 Å². The third-order valence-corrected chi connectivity index (χ3v) is 5.38. The Morgan fingerprint density at radius 3 is 2.27 bits per heavy atom. The topological polar surface area (TPSA) is 26.0 Å². The van der Waals surface area contributed by atoms with Gasteiger partial charge in [-0.1, -0.05) is 87.9 Å². The van der Waals surface area contributed by atoms with E-state index in [1.165, 1.54) is 83.5 Å². The maximum absolute atomic E-state index is 6.50. The highest BCUT2D eigenvalue weighted by atomic mass is 35.5. The molecule has 1 aliphatic rings. The predicted octanol–water partition coefficient (Wildman–Crippen LogP) is 7.06. The van der Waals surface area contributed by atoms with Gasteiger partial charge in [-0.3, -0.25) is 0 Å². The zero-order valence-corrected chi connectivity index (χ0v) is 15.0. The number of aromatic nitrogens is 1. The smallest absolute Gasteiger partial charge is 0.155 e. The Bertz CT molecular complexity index is 410. The van der Waals surface area contributed by atoms with Crippen LogP contribution in [0.4, 0.5) is 0 Å². The zero-order valence-electron chi connectivity index (χ0n) is 14.2. The molecule has 1 saturated carbocycles. The Labute approximate surface area is 141 Å². The summed E-state index contributed by atoms with van der Waals surface area (Å²) in [6, 6.07) is 0. The second kappa shape index (κ2) is 10.3. The fourth-order valence-corrected chi connectivity index (χ4v) is 3.85. The van der Waals surface area contributed by atoms with E-state index in [1.807, 2.05) is 0 Å². The molecule has 0 radical (unpaired) electrons. The lowest BCUT2D eigenvalue weighted by Gasteiger charge is -2.19. The van der Waals surface area contributed by atoms with Crippen molar-refractivity contribution in [2.75, 3.05) is 0 Å². The Morgan fingerprint density at radius 1 is 0.955 bits per heavy atom. The molecule has 2 nitrogen and oxygen atoms in total. The summed E-state index contributed by atoms with van der Waals surface area (Å²) in [5.74, 6) is 1.46. The predicted molar refractivity (Wildman–Crippen MR) is 93.7 cm³/mol. The van der Waals surface area contributed by atoms with Crippen LogP contribution < -0.4 is 0 Å². The van der Waals surface area contributed by atoms with Gasteiger partial charge in [-0.05, 0) is 19.3 Å². The first-order chi connectivity index (χ1) is 10.8. The van der Waals surface area contributed by atoms with E-state index in [2.05, 4.69) is 12.1 Å². The molecule has 3 heteroatoms. The van der Waals surface area contributed by atoms with Gasteiger partial charge in [0.2, 0.25) is 0 Å². The number of nitrogens with zero attached hydrogens (tertiary/aromatic N) is 1. The van der Waals surface area contributed by atoms with Gasteiger partial charge in [0.1, 0.15) is 10.7 Å². The van der Waals surface area contributed by atoms with Crippen molar-refractivity contribution in [2.24, 2.45) is 0 Å². The molecule has 1 aromatic heterocycles. The molecule has 2 rings (SSSR count). The van der Waals surface area contributed by atoms with Crippen molar-refractivity contribution in [3.8, 4) is 0 Å². The van der Waals surface area contributed by atoms with E-state index in [0.29, 0.717) is 5.92 Å². The number of rotatable bonds is 10. The Balaban J connectivity index is 1.65. The first-order valence-corrected chi connectivity index (χ1v) is 9.84. The molecule has 0 atom stereocenters. The van der Waals surface area contributed by atoms with E-state index in [-0.39, 0.29) is 0 Å². The molecule has 126 valence electrons. The summed E-state index contributed by atoms with van der Waals surface area (Å²) < 4.78 is 5.53. The van der Waals surface area contributed by atoms with Crippen LogP contribution in [0.3, 0.4) is 0 Å². The van der Waals surface area contributed by atoms with Crippen LogP contribution in [-0.2, 0) is 6.42 Å². The molecular weight excluding hydrogens is 294 g/mol. The van der Waals surface area contributed by atoms with Gasteiger partial charge in [-0.15, -0.1) is 0 Å². The summed E-state index contributed by atoms with van der Waals surface area (Å²) in [6.07, 6.45) is 18.0. The molecule has 0 N–H and O–H groups in total. The van der Waals surface area contributed by atoms with Crippen LogP contribution >= 0.6 is 11.6 Å². The SMILES string of the molecule is CCCCCCCCCCc1onc(C2CCCCC2)c1Cl. The number of unbranched alkanes of at least 4 members (excludes halogenated alkanes) is 7. The highest BCUT2D eigenvalue weighted by Crippen LogP contribution is 2.37. The summed E-state index contributed by atoms with van der Waals surface area (Å²) in [6.45, 7) is 2.27. The van der Waals surface area contributed by atoms with E-state index >= 15 is 0 Å². The van der Waals surface area contributed by atoms with E-state index in [1.54, 1.807) is 0 Å². The van der Waals surface area contributed by atoms with E-state index in [4.69, 9.17) is 16.1 Å². The minimum atomic E-state index is 0.539. The molecule has 0 aromatic carbocycles. The highest BCUT2D eigenvalue weighted by Gasteiger charge is 2.23. The largest absolute Gasteiger partial charge is 0.360 e. The first-order valence-electron chi connectivity index (χ1n) is 9.47. The first kappa shape index (κ1) is 17.8. The second-order valence-electron chi connectivity index (χ2n) is 6.86. The molecule has 1 aromatic rings. The standard InChI is InChI=1S/C19H32ClNO/c1-2-3-4-5-6-7-8-12-15-17-18(20)19(21-22-17)16-13-10-9-11-14-16/h16H,2-15H2,1H3. The molecule has 1 fully saturated rings. The summed E-state index contributed by atoms with van der Waals surface area (Å²) in [5, 5.41) is 5.11. The van der Waals surface area contributed by atoms with Gasteiger partial charge in [-0.25, -0.2) is 0 Å². The van der Waals surface area contributed by atoms with Crippen molar-refractivity contribution in [3.63, 3.8) is 0 Å². The summed E-state index contributed by atoms with van der Waals surface area (Å²) in [7, 11) is 0. The molecule has 1 aliphatic carbocycles. The van der Waals surface area contributed by atoms with Gasteiger partial charge in [0.25, 0.3) is 0 Å². The average Bonchev–Trinajstić information content (AvgIpc) is 2.92. The van der Waals surface area contributed by atoms with Crippen molar-refractivity contribution in [2.45, 2.75) is 103 Å². The summed E-state index contributed by atoms with van der Waals surface area (Å²) in [4.78, 5) is 0. The molecule has 0 saturated heterocycles. The van der Waals surface area contributed by atoms with Crippen LogP contribution in [0.1, 0.15) is 108 Å². The van der Waals surface area contributed by atoms with E-state index < -0.39 is 0 Å². The van der Waals surface area contributed by atoms with Crippen molar-refractivity contribution >= 4 is 11.6 Å². The Hall–Kier alpha value is -0.500. The Morgan fingerprint density at radius 2 is 1.59 bits per heavy atom. The summed E-state index contributed by atoms with van der Waals surface area (Å²) >= 11 is 6.50. The van der Waals surface area contributed by atoms with Gasteiger partial charge >= 0.3 is 0 Å². The lowest BCUT2D eigenvalue weighted by molar-refractivity contribution is 0.355. The fourth-order valence-electron chi connectivity index (χ4n) is 3.53. The third kappa shape index (κ3) is 5.61. The Kier molecular flexibility index (Phi) is 8.36. The number of hydrogen-bond acceptors (Lipinski definition) is 2. The highest BCUT2D eigenvalue weighted by molar-refractivity contribution is 6.31. The van der Waals surface area contributed by atoms with Gasteiger partial charge in [0.05, 0.1) is 0 Å². The number of hydrogen-bond donors (Lipinski definition) is 0. The lowest BCUT2D eigenvalue weighted by Crippen LogP contribution is -2.05. The number of aryl methyl sites for hydroxylation is 1. The van der Waals surface area contributed by atoms with E-state index in [9.17, 15) is 0 Å². The normalized spacial score (nSPS) is 16.3.